The number of aromatic nitrogens is 3. The molecule has 1 aromatic rings. The van der Waals surface area contributed by atoms with Crippen molar-refractivity contribution in [3.8, 4) is 0 Å². The third kappa shape index (κ3) is 1.86. The third-order valence-corrected chi connectivity index (χ3v) is 1.43. The lowest BCUT2D eigenvalue weighted by Crippen LogP contribution is -2.05. The molecule has 11 heavy (non-hydrogen) atoms. The van der Waals surface area contributed by atoms with Crippen LogP contribution in [0.4, 0.5) is 5.95 Å². The molecule has 0 amide bonds. The van der Waals surface area contributed by atoms with Crippen LogP contribution in [0.1, 0.15) is 18.3 Å². The smallest absolute Gasteiger partial charge is 0.242 e. The van der Waals surface area contributed by atoms with E-state index in [0.717, 1.165) is 17.9 Å². The summed E-state index contributed by atoms with van der Waals surface area (Å²) in [6, 6.07) is 0. The minimum absolute atomic E-state index is 0.607. The summed E-state index contributed by atoms with van der Waals surface area (Å²) in [4.78, 5) is 4.18. The van der Waals surface area contributed by atoms with E-state index in [2.05, 4.69) is 20.5 Å². The molecule has 0 radical (unpaired) electrons. The van der Waals surface area contributed by atoms with E-state index >= 15 is 0 Å². The first-order valence-electron chi connectivity index (χ1n) is 3.66. The van der Waals surface area contributed by atoms with E-state index in [1.165, 1.54) is 0 Å². The molecule has 0 saturated heterocycles. The van der Waals surface area contributed by atoms with Gasteiger partial charge in [-0.05, 0) is 20.8 Å². The second-order valence-corrected chi connectivity index (χ2v) is 2.34. The van der Waals surface area contributed by atoms with Crippen LogP contribution in [0.2, 0.25) is 0 Å². The van der Waals surface area contributed by atoms with Gasteiger partial charge in [-0.1, -0.05) is 0 Å². The van der Waals surface area contributed by atoms with Crippen molar-refractivity contribution in [2.45, 2.75) is 20.8 Å². The molecule has 60 valence electrons. The van der Waals surface area contributed by atoms with Gasteiger partial charge in [0, 0.05) is 6.54 Å². The van der Waals surface area contributed by atoms with E-state index in [1.54, 1.807) is 0 Å². The summed E-state index contributed by atoms with van der Waals surface area (Å²) < 4.78 is 0. The van der Waals surface area contributed by atoms with E-state index in [-0.39, 0.29) is 0 Å². The maximum Gasteiger partial charge on any atom is 0.242 e. The zero-order valence-corrected chi connectivity index (χ0v) is 7.05. The molecule has 1 N–H and O–H groups in total. The maximum absolute atomic E-state index is 4.18. The van der Waals surface area contributed by atoms with Gasteiger partial charge in [0.05, 0.1) is 11.4 Å². The van der Waals surface area contributed by atoms with E-state index in [1.807, 2.05) is 20.8 Å². The van der Waals surface area contributed by atoms with Gasteiger partial charge in [0.25, 0.3) is 0 Å². The summed E-state index contributed by atoms with van der Waals surface area (Å²) in [5.74, 6) is 0.607. The average Bonchev–Trinajstić information content (AvgIpc) is 1.98. The monoisotopic (exact) mass is 152 g/mol. The van der Waals surface area contributed by atoms with Crippen molar-refractivity contribution in [3.05, 3.63) is 11.4 Å². The zero-order valence-electron chi connectivity index (χ0n) is 7.05. The number of nitrogens with zero attached hydrogens (tertiary/aromatic N) is 3. The van der Waals surface area contributed by atoms with Gasteiger partial charge in [0.15, 0.2) is 0 Å². The number of rotatable bonds is 2. The first kappa shape index (κ1) is 7.91. The number of hydrogen-bond acceptors (Lipinski definition) is 4. The molecule has 0 aromatic carbocycles. The highest BCUT2D eigenvalue weighted by Gasteiger charge is 1.97. The molecule has 0 spiro atoms. The van der Waals surface area contributed by atoms with Gasteiger partial charge >= 0.3 is 0 Å². The SMILES string of the molecule is CCNc1nnc(C)c(C)n1. The predicted octanol–water partition coefficient (Wildman–Crippen LogP) is 0.920. The molecule has 1 aromatic heterocycles. The van der Waals surface area contributed by atoms with Crippen LogP contribution in [0, 0.1) is 13.8 Å². The van der Waals surface area contributed by atoms with Crippen molar-refractivity contribution in [2.75, 3.05) is 11.9 Å². The highest BCUT2D eigenvalue weighted by atomic mass is 15.2. The fraction of sp³-hybridized carbons (Fsp3) is 0.571. The Balaban J connectivity index is 2.86. The van der Waals surface area contributed by atoms with Gasteiger partial charge in [-0.3, -0.25) is 0 Å². The van der Waals surface area contributed by atoms with Gasteiger partial charge in [0.1, 0.15) is 0 Å². The molecule has 4 nitrogen and oxygen atoms in total. The molecule has 0 unspecified atom stereocenters. The molecule has 1 rings (SSSR count). The molecule has 0 fully saturated rings. The molecule has 4 heteroatoms. The van der Waals surface area contributed by atoms with Gasteiger partial charge < -0.3 is 5.32 Å². The van der Waals surface area contributed by atoms with Crippen LogP contribution in [0.3, 0.4) is 0 Å². The van der Waals surface area contributed by atoms with Gasteiger partial charge in [-0.25, -0.2) is 4.98 Å². The van der Waals surface area contributed by atoms with Crippen molar-refractivity contribution in [2.24, 2.45) is 0 Å². The Labute approximate surface area is 66.1 Å². The molecule has 0 bridgehead atoms. The summed E-state index contributed by atoms with van der Waals surface area (Å²) in [6.07, 6.45) is 0. The van der Waals surface area contributed by atoms with Crippen LogP contribution < -0.4 is 5.32 Å². The number of anilines is 1. The first-order chi connectivity index (χ1) is 5.24. The van der Waals surface area contributed by atoms with Crippen LogP contribution in [-0.2, 0) is 0 Å². The zero-order chi connectivity index (χ0) is 8.27. The summed E-state index contributed by atoms with van der Waals surface area (Å²) in [7, 11) is 0. The van der Waals surface area contributed by atoms with Gasteiger partial charge in [-0.15, -0.1) is 5.10 Å². The Morgan fingerprint density at radius 2 is 1.91 bits per heavy atom. The quantitative estimate of drug-likeness (QED) is 0.684. The molecular weight excluding hydrogens is 140 g/mol. The molecule has 1 heterocycles. The minimum atomic E-state index is 0.607. The normalized spacial score (nSPS) is 9.73. The standard InChI is InChI=1S/C7H12N4/c1-4-8-7-9-5(2)6(3)10-11-7/h4H2,1-3H3,(H,8,9,11). The summed E-state index contributed by atoms with van der Waals surface area (Å²) >= 11 is 0. The maximum atomic E-state index is 4.18. The Hall–Kier alpha value is -1.19. The number of aryl methyl sites for hydroxylation is 2. The van der Waals surface area contributed by atoms with Crippen molar-refractivity contribution >= 4 is 5.95 Å². The van der Waals surface area contributed by atoms with E-state index in [9.17, 15) is 0 Å². The van der Waals surface area contributed by atoms with Crippen LogP contribution in [0.25, 0.3) is 0 Å². The van der Waals surface area contributed by atoms with Crippen LogP contribution >= 0.6 is 0 Å². The van der Waals surface area contributed by atoms with E-state index < -0.39 is 0 Å². The molecule has 0 aliphatic rings. The molecule has 0 aliphatic heterocycles. The van der Waals surface area contributed by atoms with Crippen molar-refractivity contribution in [1.82, 2.24) is 15.2 Å². The lowest BCUT2D eigenvalue weighted by Gasteiger charge is -2.01. The first-order valence-corrected chi connectivity index (χ1v) is 3.66. The average molecular weight is 152 g/mol. The summed E-state index contributed by atoms with van der Waals surface area (Å²) in [5.41, 5.74) is 1.81. The minimum Gasteiger partial charge on any atom is -0.353 e. The summed E-state index contributed by atoms with van der Waals surface area (Å²) in [6.45, 7) is 6.64. The van der Waals surface area contributed by atoms with Gasteiger partial charge in [-0.2, -0.15) is 5.10 Å². The Kier molecular flexibility index (Phi) is 2.36. The molecule has 0 aliphatic carbocycles. The second kappa shape index (κ2) is 3.27. The lowest BCUT2D eigenvalue weighted by molar-refractivity contribution is 0.891. The Morgan fingerprint density at radius 1 is 1.18 bits per heavy atom. The molecule has 0 atom stereocenters. The topological polar surface area (TPSA) is 50.7 Å². The highest BCUT2D eigenvalue weighted by Crippen LogP contribution is 2.00. The lowest BCUT2D eigenvalue weighted by atomic mass is 10.4. The molecule has 0 saturated carbocycles. The van der Waals surface area contributed by atoms with Crippen molar-refractivity contribution in [1.29, 1.82) is 0 Å². The largest absolute Gasteiger partial charge is 0.353 e. The van der Waals surface area contributed by atoms with Crippen molar-refractivity contribution < 1.29 is 0 Å². The van der Waals surface area contributed by atoms with E-state index in [0.29, 0.717) is 5.95 Å². The summed E-state index contributed by atoms with van der Waals surface area (Å²) in [5, 5.41) is 10.8. The van der Waals surface area contributed by atoms with Crippen LogP contribution in [0.15, 0.2) is 0 Å². The van der Waals surface area contributed by atoms with Crippen molar-refractivity contribution in [3.63, 3.8) is 0 Å². The second-order valence-electron chi connectivity index (χ2n) is 2.34. The van der Waals surface area contributed by atoms with E-state index in [4.69, 9.17) is 0 Å². The Bertz CT molecular complexity index is 246. The fourth-order valence-corrected chi connectivity index (χ4v) is 0.690. The Morgan fingerprint density at radius 3 is 2.45 bits per heavy atom. The fourth-order valence-electron chi connectivity index (χ4n) is 0.690. The molecular formula is C7H12N4. The van der Waals surface area contributed by atoms with Gasteiger partial charge in [0.2, 0.25) is 5.95 Å². The number of hydrogen-bond donors (Lipinski definition) is 1. The highest BCUT2D eigenvalue weighted by molar-refractivity contribution is 5.23. The van der Waals surface area contributed by atoms with Crippen LogP contribution in [-0.4, -0.2) is 21.7 Å². The third-order valence-electron chi connectivity index (χ3n) is 1.43. The number of nitrogens with one attached hydrogen (secondary N) is 1. The predicted molar refractivity (Wildman–Crippen MR) is 43.5 cm³/mol. The van der Waals surface area contributed by atoms with Crippen LogP contribution in [0.5, 0.6) is 0 Å².